The van der Waals surface area contributed by atoms with Crippen molar-refractivity contribution in [3.8, 4) is 11.5 Å². The molecule has 1 aromatic rings. The van der Waals surface area contributed by atoms with Gasteiger partial charge in [-0.1, -0.05) is 19.1 Å². The maximum atomic E-state index is 12.5. The van der Waals surface area contributed by atoms with Crippen LogP contribution in [0, 0.1) is 5.92 Å². The van der Waals surface area contributed by atoms with Gasteiger partial charge in [0.05, 0.1) is 12.4 Å². The molecule has 0 spiro atoms. The Kier molecular flexibility index (Phi) is 5.30. The molecule has 1 aromatic carbocycles. The van der Waals surface area contributed by atoms with Crippen molar-refractivity contribution in [3.63, 3.8) is 0 Å². The van der Waals surface area contributed by atoms with Crippen LogP contribution in [-0.4, -0.2) is 43.8 Å². The lowest BCUT2D eigenvalue weighted by Crippen LogP contribution is -2.40. The van der Waals surface area contributed by atoms with Crippen molar-refractivity contribution in [2.45, 2.75) is 52.1 Å². The maximum absolute atomic E-state index is 12.5. The van der Waals surface area contributed by atoms with Crippen LogP contribution >= 0.6 is 0 Å². The summed E-state index contributed by atoms with van der Waals surface area (Å²) in [6.45, 7) is 7.91. The minimum atomic E-state index is -3.18. The van der Waals surface area contributed by atoms with E-state index in [1.807, 2.05) is 12.1 Å². The molecule has 25 heavy (non-hydrogen) atoms. The number of hydrogen-bond acceptors (Lipinski definition) is 4. The van der Waals surface area contributed by atoms with Crippen LogP contribution in [0.25, 0.3) is 0 Å². The molecule has 1 fully saturated rings. The van der Waals surface area contributed by atoms with Crippen LogP contribution in [0.1, 0.15) is 45.6 Å². The molecule has 2 heterocycles. The Morgan fingerprint density at radius 1 is 1.36 bits per heavy atom. The van der Waals surface area contributed by atoms with Crippen LogP contribution in [0.4, 0.5) is 0 Å². The molecule has 0 N–H and O–H groups in total. The van der Waals surface area contributed by atoms with Crippen molar-refractivity contribution >= 4 is 10.0 Å². The van der Waals surface area contributed by atoms with Gasteiger partial charge < -0.3 is 9.47 Å². The van der Waals surface area contributed by atoms with Gasteiger partial charge in [-0.15, -0.1) is 0 Å². The standard InChI is InChI=1S/C19H29NO4S/c1-15-7-5-10-20(14-15)25(21,22)12-6-11-23-17-9-4-8-16-13-19(2,3)24-18(16)17/h4,8-9,15H,5-7,10-14H2,1-3H3. The minimum absolute atomic E-state index is 0.140. The third kappa shape index (κ3) is 4.47. The largest absolute Gasteiger partial charge is 0.490 e. The van der Waals surface area contributed by atoms with E-state index < -0.39 is 10.0 Å². The van der Waals surface area contributed by atoms with Gasteiger partial charge >= 0.3 is 0 Å². The fourth-order valence-electron chi connectivity index (χ4n) is 3.65. The van der Waals surface area contributed by atoms with E-state index in [4.69, 9.17) is 9.47 Å². The second kappa shape index (κ2) is 7.16. The monoisotopic (exact) mass is 367 g/mol. The van der Waals surface area contributed by atoms with Gasteiger partial charge in [0.1, 0.15) is 5.60 Å². The maximum Gasteiger partial charge on any atom is 0.214 e. The van der Waals surface area contributed by atoms with E-state index in [2.05, 4.69) is 26.8 Å². The molecule has 2 aliphatic heterocycles. The molecule has 1 atom stereocenters. The molecule has 1 saturated heterocycles. The zero-order valence-electron chi connectivity index (χ0n) is 15.5. The Hall–Kier alpha value is -1.27. The van der Waals surface area contributed by atoms with E-state index in [1.165, 1.54) is 0 Å². The minimum Gasteiger partial charge on any atom is -0.490 e. The van der Waals surface area contributed by atoms with E-state index in [1.54, 1.807) is 4.31 Å². The first-order valence-corrected chi connectivity index (χ1v) is 10.8. The van der Waals surface area contributed by atoms with Crippen molar-refractivity contribution in [2.24, 2.45) is 5.92 Å². The van der Waals surface area contributed by atoms with Crippen molar-refractivity contribution in [2.75, 3.05) is 25.4 Å². The smallest absolute Gasteiger partial charge is 0.214 e. The summed E-state index contributed by atoms with van der Waals surface area (Å²) >= 11 is 0. The number of hydrogen-bond donors (Lipinski definition) is 0. The Morgan fingerprint density at radius 2 is 2.16 bits per heavy atom. The van der Waals surface area contributed by atoms with E-state index in [0.717, 1.165) is 30.6 Å². The van der Waals surface area contributed by atoms with Gasteiger partial charge in [-0.2, -0.15) is 0 Å². The summed E-state index contributed by atoms with van der Waals surface area (Å²) in [7, 11) is -3.18. The van der Waals surface area contributed by atoms with Crippen LogP contribution < -0.4 is 9.47 Å². The Morgan fingerprint density at radius 3 is 2.92 bits per heavy atom. The van der Waals surface area contributed by atoms with Gasteiger partial charge in [-0.3, -0.25) is 0 Å². The third-order valence-electron chi connectivity index (χ3n) is 4.87. The third-order valence-corrected chi connectivity index (χ3v) is 6.80. The fraction of sp³-hybridized carbons (Fsp3) is 0.684. The van der Waals surface area contributed by atoms with Gasteiger partial charge in [0.15, 0.2) is 11.5 Å². The SMILES string of the molecule is CC1CCCN(S(=O)(=O)CCCOc2cccc3c2OC(C)(C)C3)C1. The van der Waals surface area contributed by atoms with Crippen LogP contribution in [0.5, 0.6) is 11.5 Å². The lowest BCUT2D eigenvalue weighted by atomic mass is 10.0. The number of rotatable bonds is 6. The van der Waals surface area contributed by atoms with Crippen molar-refractivity contribution in [3.05, 3.63) is 23.8 Å². The van der Waals surface area contributed by atoms with E-state index >= 15 is 0 Å². The van der Waals surface area contributed by atoms with E-state index in [0.29, 0.717) is 37.8 Å². The molecule has 0 radical (unpaired) electrons. The highest BCUT2D eigenvalue weighted by molar-refractivity contribution is 7.89. The highest BCUT2D eigenvalue weighted by Gasteiger charge is 2.32. The molecule has 2 aliphatic rings. The number of sulfonamides is 1. The summed E-state index contributed by atoms with van der Waals surface area (Å²) in [5.41, 5.74) is 0.938. The summed E-state index contributed by atoms with van der Waals surface area (Å²) in [5, 5.41) is 0. The Balaban J connectivity index is 1.52. The number of benzene rings is 1. The first kappa shape index (κ1) is 18.5. The normalized spacial score (nSPS) is 23.1. The fourth-order valence-corrected chi connectivity index (χ4v) is 5.28. The summed E-state index contributed by atoms with van der Waals surface area (Å²) in [6, 6.07) is 5.91. The van der Waals surface area contributed by atoms with E-state index in [-0.39, 0.29) is 11.4 Å². The highest BCUT2D eigenvalue weighted by Crippen LogP contribution is 2.41. The summed E-state index contributed by atoms with van der Waals surface area (Å²) in [5.74, 6) is 2.11. The van der Waals surface area contributed by atoms with Gasteiger partial charge in [-0.05, 0) is 45.1 Å². The molecule has 0 amide bonds. The van der Waals surface area contributed by atoms with Crippen LogP contribution in [0.2, 0.25) is 0 Å². The molecule has 6 heteroatoms. The van der Waals surface area contributed by atoms with Gasteiger partial charge in [0, 0.05) is 25.1 Å². The van der Waals surface area contributed by atoms with Gasteiger partial charge in [0.2, 0.25) is 10.0 Å². The lowest BCUT2D eigenvalue weighted by molar-refractivity contribution is 0.132. The molecule has 5 nitrogen and oxygen atoms in total. The predicted octanol–water partition coefficient (Wildman–Crippen LogP) is 3.23. The molecular formula is C19H29NO4S. The number of ether oxygens (including phenoxy) is 2. The zero-order valence-corrected chi connectivity index (χ0v) is 16.3. The summed E-state index contributed by atoms with van der Waals surface area (Å²) < 4.78 is 38.4. The Labute approximate surface area is 151 Å². The highest BCUT2D eigenvalue weighted by atomic mass is 32.2. The molecule has 3 rings (SSSR count). The molecule has 0 saturated carbocycles. The molecule has 140 valence electrons. The average Bonchev–Trinajstić information content (AvgIpc) is 2.86. The molecular weight excluding hydrogens is 338 g/mol. The van der Waals surface area contributed by atoms with Crippen molar-refractivity contribution in [1.82, 2.24) is 4.31 Å². The topological polar surface area (TPSA) is 55.8 Å². The lowest BCUT2D eigenvalue weighted by Gasteiger charge is -2.30. The number of para-hydroxylation sites is 1. The molecule has 0 aliphatic carbocycles. The zero-order chi connectivity index (χ0) is 18.1. The average molecular weight is 368 g/mol. The summed E-state index contributed by atoms with van der Waals surface area (Å²) in [6.07, 6.45) is 3.42. The predicted molar refractivity (Wildman–Crippen MR) is 98.7 cm³/mol. The Bertz CT molecular complexity index is 714. The van der Waals surface area contributed by atoms with Crippen molar-refractivity contribution < 1.29 is 17.9 Å². The van der Waals surface area contributed by atoms with Gasteiger partial charge in [-0.25, -0.2) is 12.7 Å². The second-order valence-electron chi connectivity index (χ2n) is 7.91. The molecule has 0 bridgehead atoms. The second-order valence-corrected chi connectivity index (χ2v) is 9.99. The first-order chi connectivity index (χ1) is 11.8. The van der Waals surface area contributed by atoms with E-state index in [9.17, 15) is 8.42 Å². The first-order valence-electron chi connectivity index (χ1n) is 9.18. The van der Waals surface area contributed by atoms with Crippen molar-refractivity contribution in [1.29, 1.82) is 0 Å². The number of fused-ring (bicyclic) bond motifs is 1. The van der Waals surface area contributed by atoms with Crippen LogP contribution in [0.3, 0.4) is 0 Å². The summed E-state index contributed by atoms with van der Waals surface area (Å²) in [4.78, 5) is 0. The van der Waals surface area contributed by atoms with Crippen LogP contribution in [-0.2, 0) is 16.4 Å². The van der Waals surface area contributed by atoms with Gasteiger partial charge in [0.25, 0.3) is 0 Å². The number of piperidine rings is 1. The molecule has 0 aromatic heterocycles. The molecule has 1 unspecified atom stereocenters. The quantitative estimate of drug-likeness (QED) is 0.725. The number of nitrogens with zero attached hydrogens (tertiary/aromatic N) is 1. The van der Waals surface area contributed by atoms with Crippen LogP contribution in [0.15, 0.2) is 18.2 Å².